The largest absolute Gasteiger partial charge is 0.349 e. The number of aryl methyl sites for hydroxylation is 1. The SMILES string of the molecule is CCCc1ccc(C(=O)NC2CCC(n3cc(-c4ccncn4)cn3)CC2)cc1. The van der Waals surface area contributed by atoms with Crippen LogP contribution in [0, 0.1) is 0 Å². The van der Waals surface area contributed by atoms with Crippen molar-refractivity contribution in [1.29, 1.82) is 0 Å². The molecule has 0 saturated heterocycles. The molecule has 2 aromatic heterocycles. The number of nitrogens with one attached hydrogen (secondary N) is 1. The topological polar surface area (TPSA) is 72.7 Å². The molecule has 150 valence electrons. The predicted molar refractivity (Wildman–Crippen MR) is 112 cm³/mol. The number of rotatable bonds is 6. The van der Waals surface area contributed by atoms with Gasteiger partial charge in [-0.3, -0.25) is 9.48 Å². The zero-order valence-electron chi connectivity index (χ0n) is 16.8. The molecule has 1 amide bonds. The third kappa shape index (κ3) is 4.70. The summed E-state index contributed by atoms with van der Waals surface area (Å²) < 4.78 is 2.04. The summed E-state index contributed by atoms with van der Waals surface area (Å²) in [6.07, 6.45) is 13.3. The molecule has 4 rings (SSSR count). The van der Waals surface area contributed by atoms with E-state index in [1.165, 1.54) is 5.56 Å². The minimum absolute atomic E-state index is 0.0293. The van der Waals surface area contributed by atoms with Crippen LogP contribution in [0.1, 0.15) is 61.0 Å². The summed E-state index contributed by atoms with van der Waals surface area (Å²) in [4.78, 5) is 20.8. The zero-order chi connectivity index (χ0) is 20.1. The summed E-state index contributed by atoms with van der Waals surface area (Å²) in [5, 5.41) is 7.75. The third-order valence-corrected chi connectivity index (χ3v) is 5.64. The molecule has 29 heavy (non-hydrogen) atoms. The molecule has 2 heterocycles. The first-order chi connectivity index (χ1) is 14.2. The van der Waals surface area contributed by atoms with Crippen molar-refractivity contribution in [3.63, 3.8) is 0 Å². The number of benzene rings is 1. The molecule has 1 saturated carbocycles. The summed E-state index contributed by atoms with van der Waals surface area (Å²) in [6, 6.07) is 10.5. The molecule has 0 bridgehead atoms. The van der Waals surface area contributed by atoms with Gasteiger partial charge in [0.1, 0.15) is 6.33 Å². The summed E-state index contributed by atoms with van der Waals surface area (Å²) in [5.41, 5.74) is 3.92. The Morgan fingerprint density at radius 2 is 1.93 bits per heavy atom. The van der Waals surface area contributed by atoms with Crippen molar-refractivity contribution in [2.24, 2.45) is 0 Å². The molecule has 0 unspecified atom stereocenters. The van der Waals surface area contributed by atoms with Crippen LogP contribution in [0.25, 0.3) is 11.3 Å². The molecule has 0 aliphatic heterocycles. The van der Waals surface area contributed by atoms with Crippen LogP contribution < -0.4 is 5.32 Å². The average molecular weight is 390 g/mol. The van der Waals surface area contributed by atoms with Gasteiger partial charge in [-0.1, -0.05) is 25.5 Å². The second-order valence-electron chi connectivity index (χ2n) is 7.73. The lowest BCUT2D eigenvalue weighted by Crippen LogP contribution is -2.38. The van der Waals surface area contributed by atoms with Crippen molar-refractivity contribution in [3.05, 3.63) is 66.4 Å². The molecule has 6 heteroatoms. The maximum Gasteiger partial charge on any atom is 0.251 e. The van der Waals surface area contributed by atoms with Crippen LogP contribution in [0.4, 0.5) is 0 Å². The van der Waals surface area contributed by atoms with E-state index < -0.39 is 0 Å². The van der Waals surface area contributed by atoms with Gasteiger partial charge < -0.3 is 5.32 Å². The monoisotopic (exact) mass is 389 g/mol. The van der Waals surface area contributed by atoms with Gasteiger partial charge in [0.15, 0.2) is 0 Å². The highest BCUT2D eigenvalue weighted by Crippen LogP contribution is 2.29. The van der Waals surface area contributed by atoms with E-state index in [0.717, 1.165) is 55.3 Å². The predicted octanol–water partition coefficient (Wildman–Crippen LogP) is 4.21. The Hall–Kier alpha value is -3.02. The smallest absolute Gasteiger partial charge is 0.251 e. The fourth-order valence-electron chi connectivity index (χ4n) is 4.00. The highest BCUT2D eigenvalue weighted by Gasteiger charge is 2.24. The fourth-order valence-corrected chi connectivity index (χ4v) is 4.00. The highest BCUT2D eigenvalue weighted by molar-refractivity contribution is 5.94. The van der Waals surface area contributed by atoms with E-state index in [2.05, 4.69) is 45.6 Å². The third-order valence-electron chi connectivity index (χ3n) is 5.64. The summed E-state index contributed by atoms with van der Waals surface area (Å²) in [7, 11) is 0. The Bertz CT molecular complexity index is 927. The van der Waals surface area contributed by atoms with Crippen molar-refractivity contribution < 1.29 is 4.79 Å². The Morgan fingerprint density at radius 1 is 1.14 bits per heavy atom. The van der Waals surface area contributed by atoms with Crippen molar-refractivity contribution in [3.8, 4) is 11.3 Å². The lowest BCUT2D eigenvalue weighted by molar-refractivity contribution is 0.0921. The summed E-state index contributed by atoms with van der Waals surface area (Å²) in [5.74, 6) is 0.0293. The van der Waals surface area contributed by atoms with E-state index in [4.69, 9.17) is 0 Å². The Labute approximate surface area is 171 Å². The maximum atomic E-state index is 12.6. The van der Waals surface area contributed by atoms with Crippen LogP contribution in [0.5, 0.6) is 0 Å². The van der Waals surface area contributed by atoms with Crippen LogP contribution in [-0.4, -0.2) is 31.7 Å². The molecule has 1 N–H and O–H groups in total. The van der Waals surface area contributed by atoms with Gasteiger partial charge >= 0.3 is 0 Å². The van der Waals surface area contributed by atoms with Gasteiger partial charge in [-0.2, -0.15) is 5.10 Å². The van der Waals surface area contributed by atoms with Crippen LogP contribution in [-0.2, 0) is 6.42 Å². The summed E-state index contributed by atoms with van der Waals surface area (Å²) in [6.45, 7) is 2.16. The standard InChI is InChI=1S/C23H27N5O/c1-2-3-17-4-6-18(7-5-17)23(29)27-20-8-10-21(11-9-20)28-15-19(14-26-28)22-12-13-24-16-25-22/h4-7,12-16,20-21H,2-3,8-11H2,1H3,(H,27,29). The number of carbonyl (C=O) groups is 1. The minimum atomic E-state index is 0.0293. The second-order valence-corrected chi connectivity index (χ2v) is 7.73. The van der Waals surface area contributed by atoms with E-state index >= 15 is 0 Å². The molecule has 0 radical (unpaired) electrons. The highest BCUT2D eigenvalue weighted by atomic mass is 16.1. The zero-order valence-corrected chi connectivity index (χ0v) is 16.8. The number of nitrogens with zero attached hydrogens (tertiary/aromatic N) is 4. The van der Waals surface area contributed by atoms with Crippen molar-refractivity contribution in [1.82, 2.24) is 25.1 Å². The molecule has 1 aromatic carbocycles. The van der Waals surface area contributed by atoms with Crippen LogP contribution in [0.2, 0.25) is 0 Å². The van der Waals surface area contributed by atoms with Gasteiger partial charge in [-0.05, 0) is 55.9 Å². The second kappa shape index (κ2) is 8.99. The van der Waals surface area contributed by atoms with Gasteiger partial charge in [-0.25, -0.2) is 9.97 Å². The Morgan fingerprint density at radius 3 is 2.62 bits per heavy atom. The molecule has 1 aliphatic carbocycles. The quantitative estimate of drug-likeness (QED) is 0.685. The van der Waals surface area contributed by atoms with E-state index in [0.29, 0.717) is 6.04 Å². The average Bonchev–Trinajstić information content (AvgIpc) is 3.26. The van der Waals surface area contributed by atoms with Crippen LogP contribution in [0.15, 0.2) is 55.2 Å². The van der Waals surface area contributed by atoms with Crippen molar-refractivity contribution >= 4 is 5.91 Å². The van der Waals surface area contributed by atoms with Gasteiger partial charge in [-0.15, -0.1) is 0 Å². The van der Waals surface area contributed by atoms with Gasteiger partial charge in [0.2, 0.25) is 0 Å². The van der Waals surface area contributed by atoms with Crippen LogP contribution in [0.3, 0.4) is 0 Å². The van der Waals surface area contributed by atoms with E-state index in [1.54, 1.807) is 12.5 Å². The Kier molecular flexibility index (Phi) is 5.98. The molecule has 1 aliphatic rings. The molecule has 6 nitrogen and oxygen atoms in total. The first kappa shape index (κ1) is 19.3. The van der Waals surface area contributed by atoms with E-state index in [1.807, 2.05) is 29.1 Å². The van der Waals surface area contributed by atoms with Crippen molar-refractivity contribution in [2.75, 3.05) is 0 Å². The summed E-state index contributed by atoms with van der Waals surface area (Å²) >= 11 is 0. The minimum Gasteiger partial charge on any atom is -0.349 e. The molecule has 0 spiro atoms. The van der Waals surface area contributed by atoms with Crippen LogP contribution >= 0.6 is 0 Å². The fraction of sp³-hybridized carbons (Fsp3) is 0.391. The number of hydrogen-bond donors (Lipinski definition) is 1. The van der Waals surface area contributed by atoms with Gasteiger partial charge in [0.25, 0.3) is 5.91 Å². The van der Waals surface area contributed by atoms with Gasteiger partial charge in [0, 0.05) is 29.6 Å². The number of amides is 1. The van der Waals surface area contributed by atoms with E-state index in [-0.39, 0.29) is 11.9 Å². The molecule has 0 atom stereocenters. The maximum absolute atomic E-state index is 12.6. The van der Waals surface area contributed by atoms with Crippen molar-refractivity contribution in [2.45, 2.75) is 57.5 Å². The normalized spacial score (nSPS) is 19.1. The molecular weight excluding hydrogens is 362 g/mol. The molecular formula is C23H27N5O. The molecule has 3 aromatic rings. The lowest BCUT2D eigenvalue weighted by atomic mass is 9.91. The number of hydrogen-bond acceptors (Lipinski definition) is 4. The first-order valence-electron chi connectivity index (χ1n) is 10.4. The van der Waals surface area contributed by atoms with Gasteiger partial charge in [0.05, 0.1) is 17.9 Å². The first-order valence-corrected chi connectivity index (χ1v) is 10.4. The Balaban J connectivity index is 1.30. The van der Waals surface area contributed by atoms with E-state index in [9.17, 15) is 4.79 Å². The number of carbonyl (C=O) groups excluding carboxylic acids is 1. The molecule has 1 fully saturated rings. The lowest BCUT2D eigenvalue weighted by Gasteiger charge is -2.29. The number of aromatic nitrogens is 4.